The van der Waals surface area contributed by atoms with Gasteiger partial charge < -0.3 is 14.6 Å². The number of ether oxygens (including phenoxy) is 2. The molecular weight excluding hydrogens is 244 g/mol. The van der Waals surface area contributed by atoms with E-state index >= 15 is 0 Å². The predicted octanol–water partition coefficient (Wildman–Crippen LogP) is 0.368. The van der Waals surface area contributed by atoms with E-state index in [9.17, 15) is 13.5 Å². The van der Waals surface area contributed by atoms with E-state index in [0.717, 1.165) is 0 Å². The summed E-state index contributed by atoms with van der Waals surface area (Å²) in [5.41, 5.74) is -0.560. The molecule has 1 N–H and O–H groups in total. The van der Waals surface area contributed by atoms with Gasteiger partial charge in [0.15, 0.2) is 0 Å². The number of aliphatic hydroxyl groups excluding tert-OH is 1. The van der Waals surface area contributed by atoms with E-state index in [4.69, 9.17) is 9.47 Å². The minimum absolute atomic E-state index is 0.111. The third kappa shape index (κ3) is 4.54. The lowest BCUT2D eigenvalue weighted by Crippen LogP contribution is -2.48. The van der Waals surface area contributed by atoms with Crippen molar-refractivity contribution in [2.45, 2.75) is 37.4 Å². The van der Waals surface area contributed by atoms with Crippen LogP contribution >= 0.6 is 0 Å². The summed E-state index contributed by atoms with van der Waals surface area (Å²) in [4.78, 5) is 0. The maximum Gasteiger partial charge on any atom is 0.147 e. The molecule has 6 heteroatoms. The average Bonchev–Trinajstić information content (AvgIpc) is 2.28. The number of hydrogen-bond donors (Lipinski definition) is 1. The van der Waals surface area contributed by atoms with E-state index in [1.54, 1.807) is 7.11 Å². The van der Waals surface area contributed by atoms with Gasteiger partial charge in [0.2, 0.25) is 0 Å². The fourth-order valence-corrected chi connectivity index (χ4v) is 2.88. The topological polar surface area (TPSA) is 72.8 Å². The first-order chi connectivity index (χ1) is 7.90. The van der Waals surface area contributed by atoms with Gasteiger partial charge in [-0.15, -0.1) is 0 Å². The summed E-state index contributed by atoms with van der Waals surface area (Å²) in [6.45, 7) is 1.16. The van der Waals surface area contributed by atoms with E-state index in [2.05, 4.69) is 0 Å². The van der Waals surface area contributed by atoms with Crippen molar-refractivity contribution in [2.24, 2.45) is 0 Å². The van der Waals surface area contributed by atoms with E-state index < -0.39 is 21.5 Å². The summed E-state index contributed by atoms with van der Waals surface area (Å²) in [5.74, 6) is 0.111. The van der Waals surface area contributed by atoms with Gasteiger partial charge >= 0.3 is 0 Å². The van der Waals surface area contributed by atoms with E-state index in [1.807, 2.05) is 0 Å². The lowest BCUT2D eigenvalue weighted by atomic mass is 9.86. The molecule has 5 nitrogen and oxygen atoms in total. The van der Waals surface area contributed by atoms with Gasteiger partial charge in [0, 0.05) is 45.2 Å². The largest absolute Gasteiger partial charge is 0.390 e. The second kappa shape index (κ2) is 6.13. The number of rotatable bonds is 6. The van der Waals surface area contributed by atoms with Crippen LogP contribution < -0.4 is 0 Å². The van der Waals surface area contributed by atoms with Crippen LogP contribution in [0, 0.1) is 0 Å². The van der Waals surface area contributed by atoms with Crippen molar-refractivity contribution < 1.29 is 23.0 Å². The molecule has 1 fully saturated rings. The minimum Gasteiger partial charge on any atom is -0.390 e. The molecular formula is C11H22O5S. The zero-order valence-electron chi connectivity index (χ0n) is 10.5. The summed E-state index contributed by atoms with van der Waals surface area (Å²) < 4.78 is 32.7. The van der Waals surface area contributed by atoms with E-state index in [0.29, 0.717) is 38.9 Å². The first kappa shape index (κ1) is 14.9. The van der Waals surface area contributed by atoms with Crippen molar-refractivity contribution in [2.75, 3.05) is 32.3 Å². The summed E-state index contributed by atoms with van der Waals surface area (Å²) in [7, 11) is -1.37. The molecule has 1 unspecified atom stereocenters. The fraction of sp³-hybridized carbons (Fsp3) is 1.00. The van der Waals surface area contributed by atoms with Crippen LogP contribution in [0.1, 0.15) is 25.7 Å². The quantitative estimate of drug-likeness (QED) is 0.752. The van der Waals surface area contributed by atoms with Crippen molar-refractivity contribution in [3.8, 4) is 0 Å². The van der Waals surface area contributed by atoms with Crippen LogP contribution in [0.25, 0.3) is 0 Å². The van der Waals surface area contributed by atoms with Gasteiger partial charge in [0.1, 0.15) is 9.84 Å². The molecule has 0 radical (unpaired) electrons. The van der Waals surface area contributed by atoms with Crippen LogP contribution in [0.2, 0.25) is 0 Å². The summed E-state index contributed by atoms with van der Waals surface area (Å²) in [6, 6.07) is 0. The monoisotopic (exact) mass is 266 g/mol. The van der Waals surface area contributed by atoms with Crippen LogP contribution in [0.15, 0.2) is 0 Å². The lowest BCUT2D eigenvalue weighted by molar-refractivity contribution is -0.153. The fourth-order valence-electron chi connectivity index (χ4n) is 2.19. The van der Waals surface area contributed by atoms with Crippen molar-refractivity contribution >= 4 is 9.84 Å². The standard InChI is InChI=1S/C11H22O5S/c1-15-11(5-7-16-8-6-11)10(12)4-3-9-17(2,13)14/h10,12H,3-9H2,1-2H3. The summed E-state index contributed by atoms with van der Waals surface area (Å²) >= 11 is 0. The molecule has 1 rings (SSSR count). The van der Waals surface area contributed by atoms with Crippen LogP contribution in [0.3, 0.4) is 0 Å². The van der Waals surface area contributed by atoms with Gasteiger partial charge in [-0.1, -0.05) is 0 Å². The van der Waals surface area contributed by atoms with Crippen LogP contribution in [-0.2, 0) is 19.3 Å². The van der Waals surface area contributed by atoms with Crippen molar-refractivity contribution in [1.29, 1.82) is 0 Å². The highest BCUT2D eigenvalue weighted by Gasteiger charge is 2.39. The molecule has 1 aliphatic heterocycles. The third-order valence-electron chi connectivity index (χ3n) is 3.35. The Hall–Kier alpha value is -0.170. The van der Waals surface area contributed by atoms with Gasteiger partial charge in [-0.3, -0.25) is 0 Å². The second-order valence-electron chi connectivity index (χ2n) is 4.67. The predicted molar refractivity (Wildman–Crippen MR) is 64.7 cm³/mol. The number of hydrogen-bond acceptors (Lipinski definition) is 5. The number of methoxy groups -OCH3 is 1. The van der Waals surface area contributed by atoms with Crippen LogP contribution in [0.4, 0.5) is 0 Å². The minimum atomic E-state index is -2.95. The number of aliphatic hydroxyl groups is 1. The lowest BCUT2D eigenvalue weighted by Gasteiger charge is -2.39. The highest BCUT2D eigenvalue weighted by molar-refractivity contribution is 7.90. The molecule has 1 saturated heterocycles. The van der Waals surface area contributed by atoms with Gasteiger partial charge in [-0.05, 0) is 12.8 Å². The normalized spacial score (nSPS) is 22.3. The molecule has 0 amide bonds. The van der Waals surface area contributed by atoms with Gasteiger partial charge in [-0.25, -0.2) is 8.42 Å². The highest BCUT2D eigenvalue weighted by Crippen LogP contribution is 2.30. The van der Waals surface area contributed by atoms with E-state index in [1.165, 1.54) is 6.26 Å². The molecule has 1 aliphatic rings. The summed E-state index contributed by atoms with van der Waals surface area (Å²) in [5, 5.41) is 10.1. The first-order valence-corrected chi connectivity index (χ1v) is 7.94. The Balaban J connectivity index is 2.46. The van der Waals surface area contributed by atoms with Gasteiger partial charge in [0.25, 0.3) is 0 Å². The Bertz CT molecular complexity index is 319. The Morgan fingerprint density at radius 3 is 2.47 bits per heavy atom. The van der Waals surface area contributed by atoms with Crippen molar-refractivity contribution in [3.63, 3.8) is 0 Å². The van der Waals surface area contributed by atoms with Crippen molar-refractivity contribution in [1.82, 2.24) is 0 Å². The molecule has 0 aromatic rings. The van der Waals surface area contributed by atoms with Crippen LogP contribution in [-0.4, -0.2) is 57.6 Å². The average molecular weight is 266 g/mol. The van der Waals surface area contributed by atoms with E-state index in [-0.39, 0.29) is 5.75 Å². The molecule has 1 atom stereocenters. The maximum atomic E-state index is 11.0. The van der Waals surface area contributed by atoms with Crippen LogP contribution in [0.5, 0.6) is 0 Å². The van der Waals surface area contributed by atoms with Gasteiger partial charge in [0.05, 0.1) is 11.7 Å². The molecule has 0 bridgehead atoms. The Morgan fingerprint density at radius 1 is 1.41 bits per heavy atom. The molecule has 1 heterocycles. The molecule has 0 spiro atoms. The number of sulfone groups is 1. The first-order valence-electron chi connectivity index (χ1n) is 5.88. The molecule has 0 aromatic heterocycles. The molecule has 102 valence electrons. The Kier molecular flexibility index (Phi) is 5.37. The van der Waals surface area contributed by atoms with Crippen molar-refractivity contribution in [3.05, 3.63) is 0 Å². The maximum absolute atomic E-state index is 11.0. The summed E-state index contributed by atoms with van der Waals surface area (Å²) in [6.07, 6.45) is 2.80. The third-order valence-corrected chi connectivity index (χ3v) is 4.38. The molecule has 0 aliphatic carbocycles. The Morgan fingerprint density at radius 2 is 2.00 bits per heavy atom. The SMILES string of the molecule is COC1(C(O)CCCS(C)(=O)=O)CCOCC1. The molecule has 0 saturated carbocycles. The zero-order valence-corrected chi connectivity index (χ0v) is 11.3. The van der Waals surface area contributed by atoms with Gasteiger partial charge in [-0.2, -0.15) is 0 Å². The molecule has 0 aromatic carbocycles. The smallest absolute Gasteiger partial charge is 0.147 e. The zero-order chi connectivity index (χ0) is 12.9. The molecule has 17 heavy (non-hydrogen) atoms. The second-order valence-corrected chi connectivity index (χ2v) is 6.93. The highest BCUT2D eigenvalue weighted by atomic mass is 32.2. The Labute approximate surface area is 103 Å².